The van der Waals surface area contributed by atoms with Gasteiger partial charge in [-0.3, -0.25) is 14.9 Å². The number of carbonyl (C=O) groups excluding carboxylic acids is 2. The van der Waals surface area contributed by atoms with Crippen molar-refractivity contribution in [3.8, 4) is 5.75 Å². The third-order valence-electron chi connectivity index (χ3n) is 4.22. The van der Waals surface area contributed by atoms with Crippen molar-refractivity contribution in [1.82, 2.24) is 9.80 Å². The number of nitro groups is 1. The fourth-order valence-corrected chi connectivity index (χ4v) is 3.18. The van der Waals surface area contributed by atoms with E-state index in [0.29, 0.717) is 5.70 Å². The molecule has 0 unspecified atom stereocenters. The van der Waals surface area contributed by atoms with Crippen LogP contribution in [0.25, 0.3) is 0 Å². The fraction of sp³-hybridized carbons (Fsp3) is 0.444. The molecular formula is C18H20ClN3O6. The number of hydrogen-bond acceptors (Lipinski definition) is 6. The van der Waals surface area contributed by atoms with E-state index >= 15 is 0 Å². The van der Waals surface area contributed by atoms with Gasteiger partial charge < -0.3 is 19.3 Å². The van der Waals surface area contributed by atoms with Gasteiger partial charge in [0, 0.05) is 30.9 Å². The van der Waals surface area contributed by atoms with Crippen LogP contribution in [-0.4, -0.2) is 58.6 Å². The largest absolute Gasteiger partial charge is 0.489 e. The maximum absolute atomic E-state index is 13.0. The van der Waals surface area contributed by atoms with E-state index in [0.717, 1.165) is 6.07 Å². The average Bonchev–Trinajstić information content (AvgIpc) is 2.58. The average molecular weight is 410 g/mol. The molecule has 10 heteroatoms. The Kier molecular flexibility index (Phi) is 5.20. The van der Waals surface area contributed by atoms with Crippen molar-refractivity contribution in [3.63, 3.8) is 0 Å². The lowest BCUT2D eigenvalue weighted by atomic mass is 10.1. The van der Waals surface area contributed by atoms with Crippen molar-refractivity contribution in [2.75, 3.05) is 26.2 Å². The van der Waals surface area contributed by atoms with Gasteiger partial charge in [0.15, 0.2) is 0 Å². The minimum Gasteiger partial charge on any atom is -0.489 e. The molecule has 2 amide bonds. The van der Waals surface area contributed by atoms with Crippen LogP contribution in [0.1, 0.15) is 31.1 Å². The van der Waals surface area contributed by atoms with Crippen LogP contribution in [0.15, 0.2) is 23.9 Å². The van der Waals surface area contributed by atoms with Crippen LogP contribution in [-0.2, 0) is 4.74 Å². The first kappa shape index (κ1) is 19.9. The zero-order valence-corrected chi connectivity index (χ0v) is 16.5. The summed E-state index contributed by atoms with van der Waals surface area (Å²) in [6.45, 7) is 6.16. The molecule has 28 heavy (non-hydrogen) atoms. The van der Waals surface area contributed by atoms with E-state index in [-0.39, 0.29) is 48.3 Å². The number of rotatable bonds is 1. The van der Waals surface area contributed by atoms with Crippen LogP contribution in [0.4, 0.5) is 10.5 Å². The maximum atomic E-state index is 13.0. The van der Waals surface area contributed by atoms with Gasteiger partial charge in [0.05, 0.1) is 17.0 Å². The molecule has 0 bridgehead atoms. The summed E-state index contributed by atoms with van der Waals surface area (Å²) in [5, 5.41) is 11.1. The lowest BCUT2D eigenvalue weighted by molar-refractivity contribution is -0.384. The van der Waals surface area contributed by atoms with Crippen LogP contribution in [0.5, 0.6) is 5.75 Å². The maximum Gasteiger partial charge on any atom is 0.410 e. The van der Waals surface area contributed by atoms with Gasteiger partial charge in [-0.05, 0) is 26.8 Å². The summed E-state index contributed by atoms with van der Waals surface area (Å²) in [7, 11) is 0. The molecule has 0 N–H and O–H groups in total. The highest BCUT2D eigenvalue weighted by molar-refractivity contribution is 6.33. The van der Waals surface area contributed by atoms with E-state index in [2.05, 4.69) is 0 Å². The van der Waals surface area contributed by atoms with Gasteiger partial charge >= 0.3 is 6.09 Å². The second-order valence-corrected chi connectivity index (χ2v) is 7.83. The highest BCUT2D eigenvalue weighted by atomic mass is 35.5. The highest BCUT2D eigenvalue weighted by Gasteiger charge is 2.34. The number of nitrogens with zero attached hydrogens (tertiary/aromatic N) is 3. The SMILES string of the molecule is CC(C)(C)OC(=O)N1CCN2C(=O)c3cc([N+](=O)[O-])c(Cl)cc3OC/C=C\2C1. The predicted molar refractivity (Wildman–Crippen MR) is 101 cm³/mol. The molecule has 2 aliphatic heterocycles. The summed E-state index contributed by atoms with van der Waals surface area (Å²) in [5.74, 6) is -0.255. The summed E-state index contributed by atoms with van der Waals surface area (Å²) in [6, 6.07) is 2.41. The van der Waals surface area contributed by atoms with E-state index in [1.165, 1.54) is 15.9 Å². The molecule has 1 aromatic carbocycles. The number of amides is 2. The van der Waals surface area contributed by atoms with Crippen molar-refractivity contribution in [1.29, 1.82) is 0 Å². The number of nitro benzene ring substituents is 1. The number of carbonyl (C=O) groups is 2. The van der Waals surface area contributed by atoms with Crippen molar-refractivity contribution in [2.24, 2.45) is 0 Å². The lowest BCUT2D eigenvalue weighted by Crippen LogP contribution is -2.50. The number of halogens is 1. The Morgan fingerprint density at radius 2 is 2.04 bits per heavy atom. The molecule has 0 radical (unpaired) electrons. The van der Waals surface area contributed by atoms with Gasteiger partial charge in [0.1, 0.15) is 23.0 Å². The van der Waals surface area contributed by atoms with Gasteiger partial charge in [0.25, 0.3) is 11.6 Å². The molecule has 150 valence electrons. The molecule has 3 rings (SSSR count). The second kappa shape index (κ2) is 7.31. The Bertz CT molecular complexity index is 877. The van der Waals surface area contributed by atoms with Gasteiger partial charge in [-0.1, -0.05) is 11.6 Å². The zero-order chi connectivity index (χ0) is 20.6. The van der Waals surface area contributed by atoms with Gasteiger partial charge in [0.2, 0.25) is 0 Å². The number of hydrogen-bond donors (Lipinski definition) is 0. The normalized spacial score (nSPS) is 18.7. The molecule has 1 saturated heterocycles. The Labute approximate surface area is 166 Å². The molecule has 0 aromatic heterocycles. The summed E-state index contributed by atoms with van der Waals surface area (Å²) in [6.07, 6.45) is 1.23. The Morgan fingerprint density at radius 1 is 1.32 bits per heavy atom. The van der Waals surface area contributed by atoms with Gasteiger partial charge in [-0.2, -0.15) is 0 Å². The third-order valence-corrected chi connectivity index (χ3v) is 4.53. The quantitative estimate of drug-likeness (QED) is 0.521. The molecule has 0 aliphatic carbocycles. The van der Waals surface area contributed by atoms with E-state index in [1.807, 2.05) is 0 Å². The van der Waals surface area contributed by atoms with E-state index in [9.17, 15) is 19.7 Å². The van der Waals surface area contributed by atoms with Crippen LogP contribution < -0.4 is 4.74 Å². The topological polar surface area (TPSA) is 102 Å². The lowest BCUT2D eigenvalue weighted by Gasteiger charge is -2.38. The summed E-state index contributed by atoms with van der Waals surface area (Å²) in [4.78, 5) is 38.9. The highest BCUT2D eigenvalue weighted by Crippen LogP contribution is 2.35. The third kappa shape index (κ3) is 4.04. The Balaban J connectivity index is 1.87. The molecule has 0 atom stereocenters. The van der Waals surface area contributed by atoms with Crippen LogP contribution >= 0.6 is 11.6 Å². The van der Waals surface area contributed by atoms with Crippen LogP contribution in [0.2, 0.25) is 5.02 Å². The zero-order valence-electron chi connectivity index (χ0n) is 15.7. The second-order valence-electron chi connectivity index (χ2n) is 7.42. The molecule has 0 saturated carbocycles. The van der Waals surface area contributed by atoms with E-state index in [4.69, 9.17) is 21.1 Å². The molecule has 2 aliphatic rings. The monoisotopic (exact) mass is 409 g/mol. The molecule has 1 aromatic rings. The Morgan fingerprint density at radius 3 is 2.68 bits per heavy atom. The smallest absolute Gasteiger partial charge is 0.410 e. The summed E-state index contributed by atoms with van der Waals surface area (Å²) < 4.78 is 11.0. The van der Waals surface area contributed by atoms with Crippen molar-refractivity contribution < 1.29 is 24.0 Å². The number of piperazine rings is 1. The number of fused-ring (bicyclic) bond motifs is 2. The molecule has 9 nitrogen and oxygen atoms in total. The first-order chi connectivity index (χ1) is 13.1. The molecule has 0 spiro atoms. The predicted octanol–water partition coefficient (Wildman–Crippen LogP) is 3.22. The minimum absolute atomic E-state index is 0.0624. The van der Waals surface area contributed by atoms with Crippen LogP contribution in [0.3, 0.4) is 0 Å². The molecule has 2 heterocycles. The van der Waals surface area contributed by atoms with Gasteiger partial charge in [-0.25, -0.2) is 4.79 Å². The minimum atomic E-state index is -0.647. The standard InChI is InChI=1S/C18H20ClN3O6/c1-18(2,3)28-17(24)20-5-6-21-11(10-20)4-7-27-15-9-13(19)14(22(25)26)8-12(15)16(21)23/h4,8-9H,5-7,10H2,1-3H3/b11-4-. The molecule has 1 fully saturated rings. The summed E-state index contributed by atoms with van der Waals surface area (Å²) in [5.41, 5.74) is -0.354. The van der Waals surface area contributed by atoms with Crippen LogP contribution in [0, 0.1) is 10.1 Å². The van der Waals surface area contributed by atoms with Gasteiger partial charge in [-0.15, -0.1) is 0 Å². The van der Waals surface area contributed by atoms with Crippen molar-refractivity contribution in [2.45, 2.75) is 26.4 Å². The van der Waals surface area contributed by atoms with E-state index < -0.39 is 22.5 Å². The first-order valence-electron chi connectivity index (χ1n) is 8.66. The van der Waals surface area contributed by atoms with Crippen molar-refractivity contribution >= 4 is 29.3 Å². The first-order valence-corrected chi connectivity index (χ1v) is 9.04. The number of ether oxygens (including phenoxy) is 2. The summed E-state index contributed by atoms with van der Waals surface area (Å²) >= 11 is 5.92. The van der Waals surface area contributed by atoms with Crippen molar-refractivity contribution in [3.05, 3.63) is 44.6 Å². The fourth-order valence-electron chi connectivity index (χ4n) is 2.96. The Hall–Kier alpha value is -2.81. The molecular weight excluding hydrogens is 390 g/mol. The number of benzene rings is 1. The van der Waals surface area contributed by atoms with E-state index in [1.54, 1.807) is 26.8 Å².